The quantitative estimate of drug-likeness (QED) is 0.674. The molecule has 0 aliphatic rings. The second kappa shape index (κ2) is 4.44. The fourth-order valence-electron chi connectivity index (χ4n) is 1.74. The zero-order valence-electron chi connectivity index (χ0n) is 8.73. The highest BCUT2D eigenvalue weighted by atomic mass is 79.9. The van der Waals surface area contributed by atoms with Crippen molar-refractivity contribution in [2.24, 2.45) is 0 Å². The van der Waals surface area contributed by atoms with Gasteiger partial charge in [-0.25, -0.2) is 4.98 Å². The van der Waals surface area contributed by atoms with Crippen LogP contribution in [0.1, 0.15) is 4.88 Å². The third-order valence-electron chi connectivity index (χ3n) is 2.54. The summed E-state index contributed by atoms with van der Waals surface area (Å²) in [5, 5.41) is 1.97. The molecular weight excluding hydrogens is 320 g/mol. The molecule has 0 saturated heterocycles. The molecule has 17 heavy (non-hydrogen) atoms. The molecule has 5 heteroatoms. The second-order valence-electron chi connectivity index (χ2n) is 3.71. The lowest BCUT2D eigenvalue weighted by Gasteiger charge is -1.98. The Balaban J connectivity index is 2.08. The van der Waals surface area contributed by atoms with E-state index >= 15 is 0 Å². The molecule has 0 saturated carbocycles. The molecule has 0 unspecified atom stereocenters. The van der Waals surface area contributed by atoms with Gasteiger partial charge >= 0.3 is 0 Å². The molecule has 0 aliphatic heterocycles. The molecule has 0 radical (unpaired) electrons. The van der Waals surface area contributed by atoms with Crippen molar-refractivity contribution >= 4 is 49.0 Å². The standard InChI is InChI=1S/C12H8BrClN2S/c13-8-1-2-9-10(5-8)17-11(12(9)14)6-16-4-3-15-7-16/h1-5,7H,6H2. The minimum atomic E-state index is 0.774. The van der Waals surface area contributed by atoms with Crippen molar-refractivity contribution in [3.8, 4) is 0 Å². The first kappa shape index (κ1) is 11.3. The first-order valence-corrected chi connectivity index (χ1v) is 7.05. The van der Waals surface area contributed by atoms with E-state index in [9.17, 15) is 0 Å². The number of aromatic nitrogens is 2. The van der Waals surface area contributed by atoms with Crippen LogP contribution in [0, 0.1) is 0 Å². The van der Waals surface area contributed by atoms with Gasteiger partial charge < -0.3 is 4.57 Å². The van der Waals surface area contributed by atoms with Crippen LogP contribution in [0.4, 0.5) is 0 Å². The van der Waals surface area contributed by atoms with Crippen molar-refractivity contribution in [1.82, 2.24) is 9.55 Å². The summed E-state index contributed by atoms with van der Waals surface area (Å²) >= 11 is 11.6. The average Bonchev–Trinajstić information content (AvgIpc) is 2.89. The topological polar surface area (TPSA) is 17.8 Å². The molecule has 2 nitrogen and oxygen atoms in total. The van der Waals surface area contributed by atoms with E-state index in [0.717, 1.165) is 26.3 Å². The number of hydrogen-bond acceptors (Lipinski definition) is 2. The Morgan fingerprint density at radius 1 is 1.41 bits per heavy atom. The molecule has 3 rings (SSSR count). The van der Waals surface area contributed by atoms with Gasteiger partial charge in [0.15, 0.2) is 0 Å². The molecule has 0 N–H and O–H groups in total. The van der Waals surface area contributed by atoms with Gasteiger partial charge in [-0.1, -0.05) is 33.6 Å². The molecule has 0 atom stereocenters. The Labute approximate surface area is 116 Å². The molecule has 0 fully saturated rings. The Hall–Kier alpha value is -0.840. The third-order valence-corrected chi connectivity index (χ3v) is 4.72. The van der Waals surface area contributed by atoms with Crippen molar-refractivity contribution < 1.29 is 0 Å². The summed E-state index contributed by atoms with van der Waals surface area (Å²) < 4.78 is 4.31. The molecule has 2 heterocycles. The summed E-state index contributed by atoms with van der Waals surface area (Å²) in [5.74, 6) is 0. The number of halogens is 2. The third kappa shape index (κ3) is 2.12. The SMILES string of the molecule is Clc1c(Cn2ccnc2)sc2cc(Br)ccc12. The maximum Gasteiger partial charge on any atom is 0.0949 e. The van der Waals surface area contributed by atoms with Crippen molar-refractivity contribution in [3.63, 3.8) is 0 Å². The normalized spacial score (nSPS) is 11.2. The van der Waals surface area contributed by atoms with Crippen LogP contribution in [0.2, 0.25) is 5.02 Å². The number of hydrogen-bond donors (Lipinski definition) is 0. The van der Waals surface area contributed by atoms with Crippen molar-refractivity contribution in [2.75, 3.05) is 0 Å². The summed E-state index contributed by atoms with van der Waals surface area (Å²) in [6.07, 6.45) is 5.52. The fraction of sp³-hybridized carbons (Fsp3) is 0.0833. The van der Waals surface area contributed by atoms with E-state index in [1.165, 1.54) is 4.70 Å². The predicted molar refractivity (Wildman–Crippen MR) is 75.9 cm³/mol. The monoisotopic (exact) mass is 326 g/mol. The Morgan fingerprint density at radius 3 is 3.06 bits per heavy atom. The first-order valence-electron chi connectivity index (χ1n) is 5.06. The van der Waals surface area contributed by atoms with E-state index in [1.807, 2.05) is 16.8 Å². The van der Waals surface area contributed by atoms with Crippen LogP contribution in [0.25, 0.3) is 10.1 Å². The fourth-order valence-corrected chi connectivity index (χ4v) is 3.79. The Kier molecular flexibility index (Phi) is 2.94. The van der Waals surface area contributed by atoms with E-state index in [-0.39, 0.29) is 0 Å². The highest BCUT2D eigenvalue weighted by Crippen LogP contribution is 2.37. The smallest absolute Gasteiger partial charge is 0.0949 e. The molecule has 2 aromatic heterocycles. The summed E-state index contributed by atoms with van der Waals surface area (Å²) in [5.41, 5.74) is 0. The summed E-state index contributed by atoms with van der Waals surface area (Å²) in [6, 6.07) is 6.17. The van der Waals surface area contributed by atoms with Crippen LogP contribution in [0.5, 0.6) is 0 Å². The van der Waals surface area contributed by atoms with Crippen LogP contribution in [-0.2, 0) is 6.54 Å². The van der Waals surface area contributed by atoms with Gasteiger partial charge in [0.2, 0.25) is 0 Å². The number of fused-ring (bicyclic) bond motifs is 1. The van der Waals surface area contributed by atoms with Gasteiger partial charge in [-0.05, 0) is 12.1 Å². The van der Waals surface area contributed by atoms with Gasteiger partial charge in [-0.3, -0.25) is 0 Å². The molecule has 86 valence electrons. The largest absolute Gasteiger partial charge is 0.332 e. The number of thiophene rings is 1. The molecule has 1 aromatic carbocycles. The maximum absolute atomic E-state index is 6.39. The van der Waals surface area contributed by atoms with E-state index in [4.69, 9.17) is 11.6 Å². The maximum atomic E-state index is 6.39. The zero-order chi connectivity index (χ0) is 11.8. The van der Waals surface area contributed by atoms with Gasteiger partial charge in [-0.15, -0.1) is 11.3 Å². The van der Waals surface area contributed by atoms with Gasteiger partial charge in [0, 0.05) is 31.8 Å². The van der Waals surface area contributed by atoms with E-state index in [1.54, 1.807) is 23.9 Å². The molecule has 0 bridgehead atoms. The Morgan fingerprint density at radius 2 is 2.29 bits per heavy atom. The van der Waals surface area contributed by atoms with E-state index in [0.29, 0.717) is 0 Å². The molecule has 3 aromatic rings. The highest BCUT2D eigenvalue weighted by Gasteiger charge is 2.10. The molecule has 0 aliphatic carbocycles. The van der Waals surface area contributed by atoms with Gasteiger partial charge in [0.25, 0.3) is 0 Å². The predicted octanol–water partition coefficient (Wildman–Crippen LogP) is 4.56. The lowest BCUT2D eigenvalue weighted by molar-refractivity contribution is 0.810. The Bertz CT molecular complexity index is 661. The zero-order valence-corrected chi connectivity index (χ0v) is 11.9. The van der Waals surface area contributed by atoms with Crippen LogP contribution in [-0.4, -0.2) is 9.55 Å². The second-order valence-corrected chi connectivity index (χ2v) is 6.15. The summed E-state index contributed by atoms with van der Waals surface area (Å²) in [6.45, 7) is 0.774. The number of benzene rings is 1. The lowest BCUT2D eigenvalue weighted by atomic mass is 10.2. The number of nitrogens with zero attached hydrogens (tertiary/aromatic N) is 2. The van der Waals surface area contributed by atoms with Gasteiger partial charge in [0.1, 0.15) is 0 Å². The highest BCUT2D eigenvalue weighted by molar-refractivity contribution is 9.10. The molecule has 0 spiro atoms. The van der Waals surface area contributed by atoms with Crippen molar-refractivity contribution in [3.05, 3.63) is 51.3 Å². The van der Waals surface area contributed by atoms with Crippen LogP contribution < -0.4 is 0 Å². The summed E-state index contributed by atoms with van der Waals surface area (Å²) in [7, 11) is 0. The molecule has 0 amide bonds. The number of imidazole rings is 1. The minimum absolute atomic E-state index is 0.774. The van der Waals surface area contributed by atoms with Crippen LogP contribution in [0.3, 0.4) is 0 Å². The van der Waals surface area contributed by atoms with Crippen molar-refractivity contribution in [2.45, 2.75) is 6.54 Å². The minimum Gasteiger partial charge on any atom is -0.332 e. The average molecular weight is 328 g/mol. The van der Waals surface area contributed by atoms with Gasteiger partial charge in [-0.2, -0.15) is 0 Å². The van der Waals surface area contributed by atoms with Gasteiger partial charge in [0.05, 0.1) is 17.9 Å². The molecular formula is C12H8BrClN2S. The lowest BCUT2D eigenvalue weighted by Crippen LogP contribution is -1.93. The van der Waals surface area contributed by atoms with Crippen LogP contribution in [0.15, 0.2) is 41.4 Å². The summed E-state index contributed by atoms with van der Waals surface area (Å²) in [4.78, 5) is 5.20. The van der Waals surface area contributed by atoms with Crippen molar-refractivity contribution in [1.29, 1.82) is 0 Å². The first-order chi connectivity index (χ1) is 8.24. The van der Waals surface area contributed by atoms with E-state index in [2.05, 4.69) is 33.0 Å². The van der Waals surface area contributed by atoms with Crippen LogP contribution >= 0.6 is 38.9 Å². The van der Waals surface area contributed by atoms with E-state index < -0.39 is 0 Å². The number of rotatable bonds is 2.